The number of nitriles is 1. The van der Waals surface area contributed by atoms with Crippen molar-refractivity contribution in [1.29, 1.82) is 5.26 Å². The predicted molar refractivity (Wildman–Crippen MR) is 55.9 cm³/mol. The molecule has 1 heterocycles. The monoisotopic (exact) mass is 196 g/mol. The minimum absolute atomic E-state index is 0.189. The first-order valence-corrected chi connectivity index (χ1v) is 5.24. The van der Waals surface area contributed by atoms with Gasteiger partial charge in [0.1, 0.15) is 0 Å². The van der Waals surface area contributed by atoms with Crippen LogP contribution in [-0.4, -0.2) is 37.7 Å². The first-order chi connectivity index (χ1) is 6.57. The summed E-state index contributed by atoms with van der Waals surface area (Å²) in [6.07, 6.45) is 2.48. The van der Waals surface area contributed by atoms with Crippen LogP contribution in [0.25, 0.3) is 0 Å². The largest absolute Gasteiger partial charge is 0.380 e. The van der Waals surface area contributed by atoms with Gasteiger partial charge in [0.05, 0.1) is 17.6 Å². The van der Waals surface area contributed by atoms with Crippen molar-refractivity contribution >= 4 is 0 Å². The highest BCUT2D eigenvalue weighted by atomic mass is 16.5. The summed E-state index contributed by atoms with van der Waals surface area (Å²) in [5.74, 6) is 0. The molecule has 0 bridgehead atoms. The summed E-state index contributed by atoms with van der Waals surface area (Å²) in [7, 11) is 1.77. The van der Waals surface area contributed by atoms with Gasteiger partial charge in [-0.3, -0.25) is 0 Å². The molecule has 14 heavy (non-hydrogen) atoms. The van der Waals surface area contributed by atoms with Crippen LogP contribution in [-0.2, 0) is 4.74 Å². The maximum absolute atomic E-state index is 8.87. The average Bonchev–Trinajstić information content (AvgIpc) is 2.63. The Balaban J connectivity index is 2.24. The molecule has 0 saturated carbocycles. The molecule has 0 radical (unpaired) electrons. The van der Waals surface area contributed by atoms with Gasteiger partial charge in [0, 0.05) is 20.2 Å². The van der Waals surface area contributed by atoms with Crippen molar-refractivity contribution in [2.24, 2.45) is 5.41 Å². The fraction of sp³-hybridized carbons (Fsp3) is 0.909. The summed E-state index contributed by atoms with van der Waals surface area (Å²) in [6.45, 7) is 7.15. The highest BCUT2D eigenvalue weighted by Gasteiger charge is 2.24. The van der Waals surface area contributed by atoms with E-state index in [-0.39, 0.29) is 5.41 Å². The van der Waals surface area contributed by atoms with Crippen molar-refractivity contribution in [3.05, 3.63) is 0 Å². The van der Waals surface area contributed by atoms with E-state index < -0.39 is 0 Å². The van der Waals surface area contributed by atoms with Crippen molar-refractivity contribution in [1.82, 2.24) is 4.90 Å². The van der Waals surface area contributed by atoms with Gasteiger partial charge in [-0.05, 0) is 33.2 Å². The molecule has 0 aromatic heterocycles. The van der Waals surface area contributed by atoms with E-state index in [1.54, 1.807) is 7.11 Å². The van der Waals surface area contributed by atoms with Crippen molar-refractivity contribution in [2.45, 2.75) is 32.8 Å². The zero-order valence-corrected chi connectivity index (χ0v) is 9.42. The number of methoxy groups -OCH3 is 1. The fourth-order valence-corrected chi connectivity index (χ4v) is 1.69. The molecule has 1 aliphatic rings. The quantitative estimate of drug-likeness (QED) is 0.686. The van der Waals surface area contributed by atoms with Crippen LogP contribution in [0.3, 0.4) is 0 Å². The Morgan fingerprint density at radius 2 is 2.29 bits per heavy atom. The van der Waals surface area contributed by atoms with E-state index in [9.17, 15) is 0 Å². The van der Waals surface area contributed by atoms with Gasteiger partial charge >= 0.3 is 0 Å². The third-order valence-electron chi connectivity index (χ3n) is 2.92. The number of ether oxygens (including phenoxy) is 1. The van der Waals surface area contributed by atoms with Crippen LogP contribution in [0.2, 0.25) is 0 Å². The van der Waals surface area contributed by atoms with Crippen LogP contribution < -0.4 is 0 Å². The van der Waals surface area contributed by atoms with Gasteiger partial charge in [-0.1, -0.05) is 0 Å². The smallest absolute Gasteiger partial charge is 0.0710 e. The maximum atomic E-state index is 8.87. The SMILES string of the molecule is COC1CCN(CCC(C)(C)C#N)C1. The van der Waals surface area contributed by atoms with E-state index in [0.29, 0.717) is 6.10 Å². The lowest BCUT2D eigenvalue weighted by molar-refractivity contribution is 0.107. The molecule has 80 valence electrons. The zero-order chi connectivity index (χ0) is 10.6. The maximum Gasteiger partial charge on any atom is 0.0710 e. The lowest BCUT2D eigenvalue weighted by Crippen LogP contribution is -2.27. The molecular formula is C11H20N2O. The zero-order valence-electron chi connectivity index (χ0n) is 9.42. The summed E-state index contributed by atoms with van der Waals surface area (Å²) in [5, 5.41) is 8.87. The van der Waals surface area contributed by atoms with Crippen LogP contribution in [0.4, 0.5) is 0 Å². The lowest BCUT2D eigenvalue weighted by atomic mass is 9.91. The van der Waals surface area contributed by atoms with Crippen molar-refractivity contribution in [2.75, 3.05) is 26.7 Å². The van der Waals surface area contributed by atoms with Gasteiger partial charge in [-0.2, -0.15) is 5.26 Å². The van der Waals surface area contributed by atoms with Gasteiger partial charge in [0.2, 0.25) is 0 Å². The first kappa shape index (κ1) is 11.5. The molecule has 0 N–H and O–H groups in total. The van der Waals surface area contributed by atoms with E-state index >= 15 is 0 Å². The van der Waals surface area contributed by atoms with Gasteiger partial charge < -0.3 is 9.64 Å². The number of rotatable bonds is 4. The number of hydrogen-bond acceptors (Lipinski definition) is 3. The number of hydrogen-bond donors (Lipinski definition) is 0. The molecule has 1 unspecified atom stereocenters. The molecule has 1 fully saturated rings. The van der Waals surface area contributed by atoms with Crippen molar-refractivity contribution < 1.29 is 4.74 Å². The molecule has 1 rings (SSSR count). The Bertz CT molecular complexity index is 220. The molecule has 1 aliphatic heterocycles. The Morgan fingerprint density at radius 3 is 2.79 bits per heavy atom. The van der Waals surface area contributed by atoms with Crippen molar-refractivity contribution in [3.8, 4) is 6.07 Å². The molecular weight excluding hydrogens is 176 g/mol. The summed E-state index contributed by atoms with van der Waals surface area (Å²) in [4.78, 5) is 2.38. The van der Waals surface area contributed by atoms with Crippen LogP contribution in [0, 0.1) is 16.7 Å². The normalized spacial score (nSPS) is 23.7. The van der Waals surface area contributed by atoms with Gasteiger partial charge in [0.15, 0.2) is 0 Å². The second-order valence-electron chi connectivity index (χ2n) is 4.69. The average molecular weight is 196 g/mol. The molecule has 3 heteroatoms. The first-order valence-electron chi connectivity index (χ1n) is 5.24. The highest BCUT2D eigenvalue weighted by Crippen LogP contribution is 2.21. The molecule has 0 aromatic carbocycles. The second-order valence-corrected chi connectivity index (χ2v) is 4.69. The lowest BCUT2D eigenvalue weighted by Gasteiger charge is -2.20. The van der Waals surface area contributed by atoms with E-state index in [1.165, 1.54) is 0 Å². The predicted octanol–water partition coefficient (Wildman–Crippen LogP) is 1.65. The van der Waals surface area contributed by atoms with Crippen LogP contribution in [0.15, 0.2) is 0 Å². The second kappa shape index (κ2) is 4.77. The van der Waals surface area contributed by atoms with Gasteiger partial charge in [0.25, 0.3) is 0 Å². The molecule has 0 aromatic rings. The molecule has 0 amide bonds. The van der Waals surface area contributed by atoms with Crippen LogP contribution >= 0.6 is 0 Å². The Kier molecular flexibility index (Phi) is 3.91. The highest BCUT2D eigenvalue weighted by molar-refractivity contribution is 4.92. The Morgan fingerprint density at radius 1 is 1.57 bits per heavy atom. The van der Waals surface area contributed by atoms with Gasteiger partial charge in [-0.15, -0.1) is 0 Å². The fourth-order valence-electron chi connectivity index (χ4n) is 1.69. The van der Waals surface area contributed by atoms with Crippen LogP contribution in [0.1, 0.15) is 26.7 Å². The Labute approximate surface area is 86.6 Å². The molecule has 3 nitrogen and oxygen atoms in total. The molecule has 1 saturated heterocycles. The minimum Gasteiger partial charge on any atom is -0.380 e. The molecule has 0 aliphatic carbocycles. The third kappa shape index (κ3) is 3.28. The summed E-state index contributed by atoms with van der Waals surface area (Å²) in [5.41, 5.74) is -0.189. The Hall–Kier alpha value is -0.590. The topological polar surface area (TPSA) is 36.3 Å². The van der Waals surface area contributed by atoms with E-state index in [2.05, 4.69) is 11.0 Å². The standard InChI is InChI=1S/C11H20N2O/c1-11(2,9-12)5-7-13-6-4-10(8-13)14-3/h10H,4-8H2,1-3H3. The van der Waals surface area contributed by atoms with E-state index in [0.717, 1.165) is 32.5 Å². The van der Waals surface area contributed by atoms with E-state index in [1.807, 2.05) is 13.8 Å². The van der Waals surface area contributed by atoms with Crippen LogP contribution in [0.5, 0.6) is 0 Å². The summed E-state index contributed by atoms with van der Waals surface area (Å²) < 4.78 is 5.29. The summed E-state index contributed by atoms with van der Waals surface area (Å²) in [6, 6.07) is 2.33. The van der Waals surface area contributed by atoms with Crippen molar-refractivity contribution in [3.63, 3.8) is 0 Å². The van der Waals surface area contributed by atoms with E-state index in [4.69, 9.17) is 10.00 Å². The summed E-state index contributed by atoms with van der Waals surface area (Å²) >= 11 is 0. The minimum atomic E-state index is -0.189. The number of nitrogens with zero attached hydrogens (tertiary/aromatic N) is 2. The number of likely N-dealkylation sites (tertiary alicyclic amines) is 1. The molecule has 1 atom stereocenters. The third-order valence-corrected chi connectivity index (χ3v) is 2.92. The van der Waals surface area contributed by atoms with Gasteiger partial charge in [-0.25, -0.2) is 0 Å². The molecule has 0 spiro atoms.